The summed E-state index contributed by atoms with van der Waals surface area (Å²) in [5, 5.41) is 0. The number of unbranched alkanes of at least 4 members (excludes halogenated alkanes) is 1. The molecule has 1 atom stereocenters. The van der Waals surface area contributed by atoms with Crippen LogP contribution in [-0.2, 0) is 4.79 Å². The lowest BCUT2D eigenvalue weighted by molar-refractivity contribution is -0.108. The van der Waals surface area contributed by atoms with Crippen LogP contribution in [0.2, 0.25) is 0 Å². The normalized spacial score (nSPS) is 7.69. The van der Waals surface area contributed by atoms with Gasteiger partial charge < -0.3 is 10.5 Å². The molecule has 2 heteroatoms. The van der Waals surface area contributed by atoms with Crippen molar-refractivity contribution >= 4 is 6.29 Å². The predicted molar refractivity (Wildman–Crippen MR) is 67.2 cm³/mol. The van der Waals surface area contributed by atoms with Crippen molar-refractivity contribution in [1.82, 2.24) is 0 Å². The first-order chi connectivity index (χ1) is 4.18. The van der Waals surface area contributed by atoms with Crippen molar-refractivity contribution in [1.29, 1.82) is 0 Å². The van der Waals surface area contributed by atoms with Crippen molar-refractivity contribution in [2.45, 2.75) is 69.4 Å². The maximum atomic E-state index is 9.38. The number of aldehydes is 1. The minimum absolute atomic E-state index is 0. The first-order valence-electron chi connectivity index (χ1n) is 3.39. The molecule has 0 aliphatic carbocycles. The highest BCUT2D eigenvalue weighted by atomic mass is 16.1. The molecule has 0 aromatic heterocycles. The monoisotopic (exact) mass is 195 g/mol. The summed E-state index contributed by atoms with van der Waals surface area (Å²) in [5.74, 6) is 0. The molecule has 0 spiro atoms. The summed E-state index contributed by atoms with van der Waals surface area (Å²) >= 11 is 0. The van der Waals surface area contributed by atoms with Gasteiger partial charge in [-0.1, -0.05) is 56.4 Å². The van der Waals surface area contributed by atoms with Crippen LogP contribution in [-0.4, -0.2) is 12.3 Å². The number of nitrogens with two attached hydrogens (primary N) is 1. The smallest absolute Gasteiger partial charge is 0.136 e. The Morgan fingerprint density at radius 1 is 1.08 bits per heavy atom. The van der Waals surface area contributed by atoms with Gasteiger partial charge in [-0.2, -0.15) is 0 Å². The topological polar surface area (TPSA) is 43.1 Å². The Bertz CT molecular complexity index is 52.1. The fraction of sp³-hybridized carbons (Fsp3) is 0.909. The molecule has 0 amide bonds. The van der Waals surface area contributed by atoms with Crippen LogP contribution in [0.1, 0.15) is 63.3 Å². The molecule has 0 rings (SSSR count). The van der Waals surface area contributed by atoms with Crippen molar-refractivity contribution in [3.8, 4) is 0 Å². The third-order valence-corrected chi connectivity index (χ3v) is 0.715. The summed E-state index contributed by atoms with van der Waals surface area (Å²) in [6, 6.07) is -0.296. The van der Waals surface area contributed by atoms with E-state index in [0.717, 1.165) is 0 Å². The van der Waals surface area contributed by atoms with Crippen LogP contribution in [0.5, 0.6) is 0 Å². The largest absolute Gasteiger partial charge is 0.322 e. The van der Waals surface area contributed by atoms with Gasteiger partial charge in [0.1, 0.15) is 6.29 Å². The molecule has 0 aromatic carbocycles. The minimum Gasteiger partial charge on any atom is -0.322 e. The van der Waals surface area contributed by atoms with Crippen LogP contribution >= 0.6 is 0 Å². The van der Waals surface area contributed by atoms with Crippen molar-refractivity contribution in [2.24, 2.45) is 5.73 Å². The van der Waals surface area contributed by atoms with Crippen molar-refractivity contribution in [3.63, 3.8) is 0 Å². The Balaban J connectivity index is -0.0000000146. The highest BCUT2D eigenvalue weighted by molar-refractivity contribution is 5.55. The maximum absolute atomic E-state index is 9.38. The van der Waals surface area contributed by atoms with Gasteiger partial charge in [0.05, 0.1) is 6.04 Å². The Morgan fingerprint density at radius 2 is 1.23 bits per heavy atom. The van der Waals surface area contributed by atoms with E-state index in [4.69, 9.17) is 5.73 Å². The van der Waals surface area contributed by atoms with Gasteiger partial charge in [-0.25, -0.2) is 0 Å². The highest BCUT2D eigenvalue weighted by Crippen LogP contribution is 1.76. The van der Waals surface area contributed by atoms with Gasteiger partial charge in [0.25, 0.3) is 0 Å². The number of carbonyl (C=O) groups is 1. The molecule has 0 bridgehead atoms. The lowest BCUT2D eigenvalue weighted by Gasteiger charge is -1.80. The van der Waals surface area contributed by atoms with Crippen LogP contribution in [0.25, 0.3) is 0 Å². The zero-order valence-corrected chi connectivity index (χ0v) is 6.55. The second-order valence-corrected chi connectivity index (χ2v) is 2.00. The molecule has 0 aliphatic rings. The van der Waals surface area contributed by atoms with E-state index < -0.39 is 0 Å². The van der Waals surface area contributed by atoms with E-state index in [1.54, 1.807) is 6.92 Å². The first-order valence-corrected chi connectivity index (χ1v) is 3.39. The Morgan fingerprint density at radius 3 is 1.23 bits per heavy atom. The molecule has 0 unspecified atom stereocenters. The van der Waals surface area contributed by atoms with Crippen LogP contribution in [0, 0.1) is 0 Å². The van der Waals surface area contributed by atoms with Crippen LogP contribution in [0.3, 0.4) is 0 Å². The van der Waals surface area contributed by atoms with Crippen molar-refractivity contribution < 1.29 is 4.79 Å². The number of rotatable bonds is 2. The van der Waals surface area contributed by atoms with E-state index in [-0.39, 0.29) is 35.7 Å². The fourth-order valence-electron chi connectivity index (χ4n) is 0. The van der Waals surface area contributed by atoms with Gasteiger partial charge in [-0.05, 0) is 6.92 Å². The van der Waals surface area contributed by atoms with Crippen LogP contribution in [0.15, 0.2) is 0 Å². The molecule has 0 fully saturated rings. The summed E-state index contributed by atoms with van der Waals surface area (Å²) in [6.07, 6.45) is 3.33. The lowest BCUT2D eigenvalue weighted by Crippen LogP contribution is -2.15. The van der Waals surface area contributed by atoms with Crippen molar-refractivity contribution in [3.05, 3.63) is 0 Å². The molecule has 0 saturated carbocycles. The van der Waals surface area contributed by atoms with E-state index in [1.807, 2.05) is 0 Å². The Labute approximate surface area is 86.9 Å². The highest BCUT2D eigenvalue weighted by Gasteiger charge is 1.79. The molecular weight excluding hydrogens is 162 g/mol. The average Bonchev–Trinajstić information content (AvgIpc) is 1.89. The predicted octanol–water partition coefficient (Wildman–Crippen LogP) is 3.88. The molecular formula is C11H33NO. The third kappa shape index (κ3) is 156. The molecule has 0 heterocycles. The summed E-state index contributed by atoms with van der Waals surface area (Å²) < 4.78 is 0. The second kappa shape index (κ2) is 41.5. The first kappa shape index (κ1) is 38.9. The lowest BCUT2D eigenvalue weighted by atomic mass is 10.4. The summed E-state index contributed by atoms with van der Waals surface area (Å²) in [4.78, 5) is 9.38. The summed E-state index contributed by atoms with van der Waals surface area (Å²) in [6.45, 7) is 5.99. The molecule has 2 N–H and O–H groups in total. The standard InChI is InChI=1S/C4H10.C3H7NO.4CH4/c1-3-4-2;1-3(4)2-5;;;;/h3-4H2,1-2H3;2-3H,4H2,1H3;4*1H4/t;3-;;;;/m.1..../s1. The van der Waals surface area contributed by atoms with E-state index in [2.05, 4.69) is 13.8 Å². The molecule has 0 aliphatic heterocycles. The molecule has 88 valence electrons. The number of hydrogen-bond acceptors (Lipinski definition) is 2. The summed E-state index contributed by atoms with van der Waals surface area (Å²) in [7, 11) is 0. The third-order valence-electron chi connectivity index (χ3n) is 0.715. The van der Waals surface area contributed by atoms with E-state index in [1.165, 1.54) is 12.8 Å². The van der Waals surface area contributed by atoms with E-state index in [9.17, 15) is 4.79 Å². The van der Waals surface area contributed by atoms with Crippen LogP contribution < -0.4 is 5.73 Å². The van der Waals surface area contributed by atoms with Crippen molar-refractivity contribution in [2.75, 3.05) is 0 Å². The SMILES string of the molecule is C.C.C.C.CCCC.C[C@@H](N)C=O. The second-order valence-electron chi connectivity index (χ2n) is 2.00. The molecule has 0 aromatic rings. The molecule has 0 radical (unpaired) electrons. The summed E-state index contributed by atoms with van der Waals surface area (Å²) in [5.41, 5.74) is 4.92. The number of hydrogen-bond donors (Lipinski definition) is 1. The maximum Gasteiger partial charge on any atom is 0.136 e. The van der Waals surface area contributed by atoms with Gasteiger partial charge in [0.2, 0.25) is 0 Å². The molecule has 2 nitrogen and oxygen atoms in total. The quantitative estimate of drug-likeness (QED) is 0.679. The molecule has 13 heavy (non-hydrogen) atoms. The Hall–Kier alpha value is -0.370. The van der Waals surface area contributed by atoms with Gasteiger partial charge >= 0.3 is 0 Å². The Kier molecular flexibility index (Phi) is 124. The van der Waals surface area contributed by atoms with Crippen LogP contribution in [0.4, 0.5) is 0 Å². The minimum atomic E-state index is -0.296. The fourth-order valence-corrected chi connectivity index (χ4v) is 0. The van der Waals surface area contributed by atoms with Gasteiger partial charge in [0, 0.05) is 0 Å². The zero-order valence-electron chi connectivity index (χ0n) is 6.55. The zero-order chi connectivity index (χ0) is 7.70. The van der Waals surface area contributed by atoms with Gasteiger partial charge in [0.15, 0.2) is 0 Å². The number of carbonyl (C=O) groups excluding carboxylic acids is 1. The average molecular weight is 195 g/mol. The van der Waals surface area contributed by atoms with E-state index in [0.29, 0.717) is 6.29 Å². The van der Waals surface area contributed by atoms with E-state index >= 15 is 0 Å². The van der Waals surface area contributed by atoms with Gasteiger partial charge in [-0.15, -0.1) is 0 Å². The van der Waals surface area contributed by atoms with Gasteiger partial charge in [-0.3, -0.25) is 0 Å². The molecule has 0 saturated heterocycles.